The van der Waals surface area contributed by atoms with E-state index in [0.29, 0.717) is 17.5 Å². The van der Waals surface area contributed by atoms with Crippen LogP contribution in [0.3, 0.4) is 0 Å². The molecule has 1 N–H and O–H groups in total. The van der Waals surface area contributed by atoms with E-state index in [1.165, 1.54) is 15.6 Å². The predicted octanol–water partition coefficient (Wildman–Crippen LogP) is 3.55. The summed E-state index contributed by atoms with van der Waals surface area (Å²) in [6.07, 6.45) is 1.09. The average Bonchev–Trinajstić information content (AvgIpc) is 3.39. The Morgan fingerprint density at radius 3 is 2.67 bits per heavy atom. The second-order valence-corrected chi connectivity index (χ2v) is 11.7. The molecular weight excluding hydrogens is 440 g/mol. The average molecular weight is 463 g/mol. The highest BCUT2D eigenvalue weighted by atomic mass is 32.2. The molecule has 1 aliphatic rings. The molecule has 0 spiro atoms. The number of sulfonamides is 1. The lowest BCUT2D eigenvalue weighted by molar-refractivity contribution is -0.120. The van der Waals surface area contributed by atoms with Crippen LogP contribution < -0.4 is 5.32 Å². The van der Waals surface area contributed by atoms with Crippen LogP contribution in [0.15, 0.2) is 46.0 Å². The van der Waals surface area contributed by atoms with Crippen LogP contribution >= 0.6 is 22.7 Å². The van der Waals surface area contributed by atoms with E-state index >= 15 is 0 Å². The first-order chi connectivity index (χ1) is 14.3. The van der Waals surface area contributed by atoms with Crippen molar-refractivity contribution in [2.75, 3.05) is 5.32 Å². The minimum Gasteiger partial charge on any atom is -0.299 e. The van der Waals surface area contributed by atoms with Crippen LogP contribution in [0, 0.1) is 5.92 Å². The molecule has 10 heteroatoms. The van der Waals surface area contributed by atoms with Gasteiger partial charge in [-0.05, 0) is 34.9 Å². The molecule has 1 unspecified atom stereocenters. The van der Waals surface area contributed by atoms with Gasteiger partial charge in [0.05, 0.1) is 0 Å². The van der Waals surface area contributed by atoms with Crippen molar-refractivity contribution in [2.24, 2.45) is 5.92 Å². The number of aromatic nitrogens is 2. The zero-order valence-electron chi connectivity index (χ0n) is 16.6. The Bertz CT molecular complexity index is 1140. The first-order valence-electron chi connectivity index (χ1n) is 9.60. The van der Waals surface area contributed by atoms with Gasteiger partial charge in [-0.3, -0.25) is 10.1 Å². The number of hydrogen-bond donors (Lipinski definition) is 1. The van der Waals surface area contributed by atoms with E-state index in [0.717, 1.165) is 33.9 Å². The fourth-order valence-electron chi connectivity index (χ4n) is 3.43. The highest BCUT2D eigenvalue weighted by Gasteiger charge is 2.40. The normalized spacial score (nSPS) is 17.1. The molecule has 158 valence electrons. The van der Waals surface area contributed by atoms with E-state index in [1.807, 2.05) is 24.3 Å². The van der Waals surface area contributed by atoms with Gasteiger partial charge in [0.2, 0.25) is 11.0 Å². The molecule has 1 amide bonds. The van der Waals surface area contributed by atoms with Crippen LogP contribution in [0.25, 0.3) is 0 Å². The molecule has 3 aromatic rings. The van der Waals surface area contributed by atoms with E-state index in [9.17, 15) is 13.2 Å². The molecule has 0 bridgehead atoms. The van der Waals surface area contributed by atoms with Crippen LogP contribution in [-0.2, 0) is 34.2 Å². The topological polar surface area (TPSA) is 92.3 Å². The summed E-state index contributed by atoms with van der Waals surface area (Å²) in [5.41, 5.74) is 1.89. The third-order valence-electron chi connectivity index (χ3n) is 4.85. The van der Waals surface area contributed by atoms with Crippen LogP contribution in [-0.4, -0.2) is 34.9 Å². The van der Waals surface area contributed by atoms with Crippen molar-refractivity contribution in [1.82, 2.24) is 14.5 Å². The molecule has 7 nitrogen and oxygen atoms in total. The minimum absolute atomic E-state index is 0.156. The first kappa shape index (κ1) is 21.1. The summed E-state index contributed by atoms with van der Waals surface area (Å²) in [6.45, 7) is 4.34. The quantitative estimate of drug-likeness (QED) is 0.605. The number of anilines is 1. The largest absolute Gasteiger partial charge is 0.299 e. The molecular formula is C20H22N4O3S3. The molecule has 0 saturated carbocycles. The second-order valence-electron chi connectivity index (χ2n) is 7.56. The molecule has 0 saturated heterocycles. The minimum atomic E-state index is -3.80. The van der Waals surface area contributed by atoms with Gasteiger partial charge in [0.1, 0.15) is 15.3 Å². The molecule has 0 aliphatic carbocycles. The first-order valence-corrected chi connectivity index (χ1v) is 12.7. The Labute approximate surface area is 183 Å². The summed E-state index contributed by atoms with van der Waals surface area (Å²) < 4.78 is 28.1. The van der Waals surface area contributed by atoms with Crippen molar-refractivity contribution in [3.05, 3.63) is 57.9 Å². The van der Waals surface area contributed by atoms with Gasteiger partial charge in [0.15, 0.2) is 0 Å². The maximum absolute atomic E-state index is 13.3. The Morgan fingerprint density at radius 2 is 1.97 bits per heavy atom. The Morgan fingerprint density at radius 1 is 1.20 bits per heavy atom. The number of carbonyl (C=O) groups excluding carboxylic acids is 1. The molecule has 3 heterocycles. The summed E-state index contributed by atoms with van der Waals surface area (Å²) in [5, 5.41) is 13.9. The Kier molecular flexibility index (Phi) is 6.01. The highest BCUT2D eigenvalue weighted by Crippen LogP contribution is 2.31. The maximum atomic E-state index is 13.3. The van der Waals surface area contributed by atoms with E-state index in [4.69, 9.17) is 0 Å². The smallest absolute Gasteiger partial charge is 0.253 e. The van der Waals surface area contributed by atoms with Gasteiger partial charge >= 0.3 is 0 Å². The molecule has 1 atom stereocenters. The third-order valence-corrected chi connectivity index (χ3v) is 8.93. The lowest BCUT2D eigenvalue weighted by atomic mass is 9.95. The summed E-state index contributed by atoms with van der Waals surface area (Å²) >= 11 is 2.48. The third kappa shape index (κ3) is 4.31. The van der Waals surface area contributed by atoms with Gasteiger partial charge in [-0.1, -0.05) is 55.5 Å². The summed E-state index contributed by atoms with van der Waals surface area (Å²) in [4.78, 5) is 13.2. The van der Waals surface area contributed by atoms with Gasteiger partial charge in [-0.15, -0.1) is 21.5 Å². The van der Waals surface area contributed by atoms with Crippen molar-refractivity contribution >= 4 is 43.7 Å². The number of amides is 1. The molecule has 0 radical (unpaired) electrons. The number of rotatable bonds is 6. The highest BCUT2D eigenvalue weighted by molar-refractivity contribution is 7.91. The van der Waals surface area contributed by atoms with Crippen LogP contribution in [0.5, 0.6) is 0 Å². The number of hydrogen-bond acceptors (Lipinski definition) is 7. The zero-order chi connectivity index (χ0) is 21.3. The lowest BCUT2D eigenvalue weighted by Crippen LogP contribution is -2.50. The van der Waals surface area contributed by atoms with Crippen LogP contribution in [0.4, 0.5) is 5.13 Å². The fourth-order valence-corrected chi connectivity index (χ4v) is 7.06. The zero-order valence-corrected chi connectivity index (χ0v) is 19.1. The van der Waals surface area contributed by atoms with Gasteiger partial charge in [-0.2, -0.15) is 4.31 Å². The van der Waals surface area contributed by atoms with Crippen molar-refractivity contribution in [3.8, 4) is 0 Å². The van der Waals surface area contributed by atoms with Crippen LogP contribution in [0.1, 0.15) is 30.0 Å². The van der Waals surface area contributed by atoms with E-state index in [1.54, 1.807) is 17.5 Å². The molecule has 2 aromatic heterocycles. The second kappa shape index (κ2) is 8.54. The number of fused-ring (bicyclic) bond motifs is 1. The van der Waals surface area contributed by atoms with Crippen molar-refractivity contribution in [3.63, 3.8) is 0 Å². The predicted molar refractivity (Wildman–Crippen MR) is 118 cm³/mol. The summed E-state index contributed by atoms with van der Waals surface area (Å²) in [6, 6.07) is 10.0. The SMILES string of the molecule is CC(C)Cc1nnc(NC(=O)C2Cc3ccccc3CN2S(=O)(=O)c2cccs2)s1. The maximum Gasteiger partial charge on any atom is 0.253 e. The Balaban J connectivity index is 1.63. The van der Waals surface area contributed by atoms with E-state index < -0.39 is 22.0 Å². The molecule has 4 rings (SSSR count). The van der Waals surface area contributed by atoms with E-state index in [2.05, 4.69) is 29.4 Å². The number of benzene rings is 1. The number of nitrogens with zero attached hydrogens (tertiary/aromatic N) is 3. The van der Waals surface area contributed by atoms with Gasteiger partial charge in [0.25, 0.3) is 10.0 Å². The molecule has 0 fully saturated rings. The fraction of sp³-hybridized carbons (Fsp3) is 0.350. The monoisotopic (exact) mass is 462 g/mol. The van der Waals surface area contributed by atoms with Crippen molar-refractivity contribution in [1.29, 1.82) is 0 Å². The standard InChI is InChI=1S/C20H22N4O3S3/c1-13(2)10-17-22-23-20(29-17)21-19(25)16-11-14-6-3-4-7-15(14)12-24(16)30(26,27)18-8-5-9-28-18/h3-9,13,16H,10-12H2,1-2H3,(H,21,23,25). The lowest BCUT2D eigenvalue weighted by Gasteiger charge is -2.34. The number of carbonyl (C=O) groups is 1. The summed E-state index contributed by atoms with van der Waals surface area (Å²) in [7, 11) is -3.80. The molecule has 30 heavy (non-hydrogen) atoms. The number of thiophene rings is 1. The summed E-state index contributed by atoms with van der Waals surface area (Å²) in [5.74, 6) is 0.0414. The van der Waals surface area contributed by atoms with Gasteiger partial charge in [0, 0.05) is 13.0 Å². The van der Waals surface area contributed by atoms with Crippen molar-refractivity contribution in [2.45, 2.75) is 43.5 Å². The van der Waals surface area contributed by atoms with Crippen LogP contribution in [0.2, 0.25) is 0 Å². The molecule has 1 aromatic carbocycles. The molecule has 1 aliphatic heterocycles. The van der Waals surface area contributed by atoms with E-state index in [-0.39, 0.29) is 10.8 Å². The van der Waals surface area contributed by atoms with Gasteiger partial charge in [-0.25, -0.2) is 8.42 Å². The van der Waals surface area contributed by atoms with Crippen molar-refractivity contribution < 1.29 is 13.2 Å². The number of nitrogens with one attached hydrogen (secondary N) is 1. The van der Waals surface area contributed by atoms with Gasteiger partial charge < -0.3 is 0 Å². The Hall–Kier alpha value is -2.14.